The van der Waals surface area contributed by atoms with Crippen molar-refractivity contribution in [1.29, 1.82) is 0 Å². The number of rotatable bonds is 2. The molecule has 0 aliphatic carbocycles. The zero-order valence-electron chi connectivity index (χ0n) is 12.7. The lowest BCUT2D eigenvalue weighted by Gasteiger charge is -2.19. The quantitative estimate of drug-likeness (QED) is 0.489. The van der Waals surface area contributed by atoms with Gasteiger partial charge in [0.25, 0.3) is 5.91 Å². The fourth-order valence-electron chi connectivity index (χ4n) is 2.57. The molecule has 1 heterocycles. The fraction of sp³-hybridized carbons (Fsp3) is 0.111. The summed E-state index contributed by atoms with van der Waals surface area (Å²) in [4.78, 5) is 15.1. The minimum atomic E-state index is -0.0580. The first kappa shape index (κ1) is 16.4. The van der Waals surface area contributed by atoms with E-state index in [4.69, 9.17) is 12.2 Å². The van der Waals surface area contributed by atoms with Crippen LogP contribution in [-0.4, -0.2) is 10.2 Å². The van der Waals surface area contributed by atoms with Crippen molar-refractivity contribution in [3.8, 4) is 0 Å². The topological polar surface area (TPSA) is 20.3 Å². The van der Waals surface area contributed by atoms with Crippen LogP contribution in [0.3, 0.4) is 0 Å². The van der Waals surface area contributed by atoms with Crippen LogP contribution in [-0.2, 0) is 4.79 Å². The van der Waals surface area contributed by atoms with E-state index in [9.17, 15) is 4.79 Å². The number of hydrogen-bond donors (Lipinski definition) is 0. The van der Waals surface area contributed by atoms with Crippen LogP contribution in [0.5, 0.6) is 0 Å². The molecule has 0 N–H and O–H groups in total. The third kappa shape index (κ3) is 3.27. The van der Waals surface area contributed by atoms with Crippen molar-refractivity contribution in [2.75, 3.05) is 4.90 Å². The number of carbonyl (C=O) groups is 1. The van der Waals surface area contributed by atoms with Crippen molar-refractivity contribution in [2.45, 2.75) is 13.8 Å². The van der Waals surface area contributed by atoms with Gasteiger partial charge < -0.3 is 0 Å². The predicted octanol–water partition coefficient (Wildman–Crippen LogP) is 5.47. The van der Waals surface area contributed by atoms with E-state index in [1.165, 1.54) is 11.8 Å². The first-order valence-corrected chi connectivity index (χ1v) is 9.09. The summed E-state index contributed by atoms with van der Waals surface area (Å²) in [5.41, 5.74) is 3.96. The summed E-state index contributed by atoms with van der Waals surface area (Å²) in [5.74, 6) is -0.0580. The highest BCUT2D eigenvalue weighted by Gasteiger charge is 2.34. The Morgan fingerprint density at radius 3 is 2.43 bits per heavy atom. The standard InChI is InChI=1S/C18H14BrNOS2/c1-11-5-3-6-12(2)16(11)20-17(21)15(23-18(20)22)10-13-7-4-8-14(19)9-13/h3-10H,1-2H3/b15-10-. The molecule has 1 amide bonds. The molecule has 5 heteroatoms. The van der Waals surface area contributed by atoms with Gasteiger partial charge in [-0.2, -0.15) is 0 Å². The van der Waals surface area contributed by atoms with Crippen LogP contribution in [0.2, 0.25) is 0 Å². The van der Waals surface area contributed by atoms with E-state index in [0.717, 1.165) is 26.9 Å². The number of hydrogen-bond acceptors (Lipinski definition) is 3. The third-order valence-corrected chi connectivity index (χ3v) is 5.40. The number of nitrogens with zero attached hydrogens (tertiary/aromatic N) is 1. The van der Waals surface area contributed by atoms with Crippen molar-refractivity contribution in [2.24, 2.45) is 0 Å². The van der Waals surface area contributed by atoms with Crippen LogP contribution >= 0.6 is 39.9 Å². The Morgan fingerprint density at radius 2 is 1.78 bits per heavy atom. The Kier molecular flexibility index (Phi) is 4.71. The van der Waals surface area contributed by atoms with Gasteiger partial charge in [-0.3, -0.25) is 9.69 Å². The summed E-state index contributed by atoms with van der Waals surface area (Å²) in [5, 5.41) is 0. The molecule has 0 saturated carbocycles. The molecule has 0 atom stereocenters. The summed E-state index contributed by atoms with van der Waals surface area (Å²) in [6, 6.07) is 13.8. The lowest BCUT2D eigenvalue weighted by molar-refractivity contribution is -0.113. The van der Waals surface area contributed by atoms with Crippen LogP contribution in [0.25, 0.3) is 6.08 Å². The van der Waals surface area contributed by atoms with Gasteiger partial charge in [0.2, 0.25) is 0 Å². The molecule has 23 heavy (non-hydrogen) atoms. The molecule has 1 saturated heterocycles. The molecule has 2 nitrogen and oxygen atoms in total. The summed E-state index contributed by atoms with van der Waals surface area (Å²) in [7, 11) is 0. The van der Waals surface area contributed by atoms with Crippen LogP contribution in [0, 0.1) is 13.8 Å². The number of halogens is 1. The van der Waals surface area contributed by atoms with E-state index < -0.39 is 0 Å². The van der Waals surface area contributed by atoms with Gasteiger partial charge in [-0.25, -0.2) is 0 Å². The zero-order valence-corrected chi connectivity index (χ0v) is 15.9. The van der Waals surface area contributed by atoms with E-state index in [-0.39, 0.29) is 5.91 Å². The first-order chi connectivity index (χ1) is 11.0. The van der Waals surface area contributed by atoms with Gasteiger partial charge in [0.05, 0.1) is 10.6 Å². The summed E-state index contributed by atoms with van der Waals surface area (Å²) in [6.07, 6.45) is 1.89. The van der Waals surface area contributed by atoms with Crippen LogP contribution in [0.15, 0.2) is 51.8 Å². The van der Waals surface area contributed by atoms with E-state index >= 15 is 0 Å². The van der Waals surface area contributed by atoms with Gasteiger partial charge >= 0.3 is 0 Å². The minimum absolute atomic E-state index is 0.0580. The second kappa shape index (κ2) is 6.59. The van der Waals surface area contributed by atoms with Crippen LogP contribution < -0.4 is 4.90 Å². The highest BCUT2D eigenvalue weighted by Crippen LogP contribution is 2.38. The van der Waals surface area contributed by atoms with Crippen molar-refractivity contribution in [3.63, 3.8) is 0 Å². The number of para-hydroxylation sites is 1. The fourth-order valence-corrected chi connectivity index (χ4v) is 4.25. The second-order valence-electron chi connectivity index (χ2n) is 5.31. The largest absolute Gasteiger partial charge is 0.270 e. The Hall–Kier alpha value is -1.43. The minimum Gasteiger partial charge on any atom is -0.268 e. The zero-order chi connectivity index (χ0) is 16.6. The first-order valence-electron chi connectivity index (χ1n) is 7.07. The summed E-state index contributed by atoms with van der Waals surface area (Å²) >= 11 is 10.3. The summed E-state index contributed by atoms with van der Waals surface area (Å²) < 4.78 is 1.56. The van der Waals surface area contributed by atoms with Crippen molar-refractivity contribution < 1.29 is 4.79 Å². The normalized spacial score (nSPS) is 16.5. The molecule has 0 unspecified atom stereocenters. The molecule has 116 valence electrons. The highest BCUT2D eigenvalue weighted by molar-refractivity contribution is 9.10. The average Bonchev–Trinajstić information content (AvgIpc) is 2.75. The third-order valence-electron chi connectivity index (χ3n) is 3.60. The van der Waals surface area contributed by atoms with Gasteiger partial charge in [0.15, 0.2) is 4.32 Å². The molecular weight excluding hydrogens is 390 g/mol. The monoisotopic (exact) mass is 403 g/mol. The number of amides is 1. The predicted molar refractivity (Wildman–Crippen MR) is 106 cm³/mol. The Morgan fingerprint density at radius 1 is 1.13 bits per heavy atom. The molecule has 1 aliphatic heterocycles. The highest BCUT2D eigenvalue weighted by atomic mass is 79.9. The molecule has 0 radical (unpaired) electrons. The molecule has 0 bridgehead atoms. The van der Waals surface area contributed by atoms with Crippen LogP contribution in [0.1, 0.15) is 16.7 Å². The number of benzene rings is 2. The number of thioether (sulfide) groups is 1. The number of thiocarbonyl (C=S) groups is 1. The lowest BCUT2D eigenvalue weighted by Crippen LogP contribution is -2.29. The molecule has 1 aliphatic rings. The number of carbonyl (C=O) groups excluding carboxylic acids is 1. The Labute approximate surface area is 153 Å². The van der Waals surface area contributed by atoms with E-state index in [1.54, 1.807) is 4.90 Å². The lowest BCUT2D eigenvalue weighted by atomic mass is 10.1. The van der Waals surface area contributed by atoms with E-state index in [1.807, 2.05) is 62.4 Å². The Balaban J connectivity index is 2.01. The van der Waals surface area contributed by atoms with Crippen LogP contribution in [0.4, 0.5) is 5.69 Å². The molecule has 1 fully saturated rings. The van der Waals surface area contributed by atoms with Gasteiger partial charge in [0.1, 0.15) is 0 Å². The SMILES string of the molecule is Cc1cccc(C)c1N1C(=O)/C(=C/c2cccc(Br)c2)SC1=S. The maximum absolute atomic E-state index is 12.8. The second-order valence-corrected chi connectivity index (χ2v) is 7.90. The van der Waals surface area contributed by atoms with E-state index in [2.05, 4.69) is 15.9 Å². The smallest absolute Gasteiger partial charge is 0.268 e. The molecule has 2 aromatic rings. The maximum Gasteiger partial charge on any atom is 0.270 e. The molecule has 3 rings (SSSR count). The van der Waals surface area contributed by atoms with Crippen molar-refractivity contribution in [1.82, 2.24) is 0 Å². The number of aryl methyl sites for hydroxylation is 2. The maximum atomic E-state index is 12.8. The van der Waals surface area contributed by atoms with Crippen molar-refractivity contribution in [3.05, 3.63) is 68.5 Å². The van der Waals surface area contributed by atoms with Gasteiger partial charge in [-0.15, -0.1) is 0 Å². The average molecular weight is 404 g/mol. The molecule has 0 spiro atoms. The van der Waals surface area contributed by atoms with Gasteiger partial charge in [0, 0.05) is 4.47 Å². The van der Waals surface area contributed by atoms with Gasteiger partial charge in [-0.05, 0) is 48.7 Å². The molecule has 0 aromatic heterocycles. The Bertz CT molecular complexity index is 824. The number of anilines is 1. The summed E-state index contributed by atoms with van der Waals surface area (Å²) in [6.45, 7) is 4.00. The molecular formula is C18H14BrNOS2. The van der Waals surface area contributed by atoms with Gasteiger partial charge in [-0.1, -0.05) is 70.2 Å². The van der Waals surface area contributed by atoms with E-state index in [0.29, 0.717) is 9.23 Å². The molecule has 2 aromatic carbocycles. The van der Waals surface area contributed by atoms with Crippen molar-refractivity contribution >= 4 is 61.9 Å².